The molecule has 18 heavy (non-hydrogen) atoms. The number of sulfonamides is 1. The third-order valence-electron chi connectivity index (χ3n) is 3.13. The van der Waals surface area contributed by atoms with Crippen LogP contribution in [0.15, 0.2) is 0 Å². The molecule has 0 aromatic rings. The van der Waals surface area contributed by atoms with Gasteiger partial charge in [0.1, 0.15) is 0 Å². The predicted octanol–water partition coefficient (Wildman–Crippen LogP) is 0.845. The van der Waals surface area contributed by atoms with E-state index in [0.29, 0.717) is 6.54 Å². The fourth-order valence-corrected chi connectivity index (χ4v) is 3.52. The molecule has 0 aromatic carbocycles. The van der Waals surface area contributed by atoms with E-state index in [4.69, 9.17) is 4.74 Å². The maximum absolute atomic E-state index is 12.1. The molecule has 5 nitrogen and oxygen atoms in total. The number of hydrogen-bond acceptors (Lipinski definition) is 4. The largest absolute Gasteiger partial charge is 0.378 e. The van der Waals surface area contributed by atoms with Crippen LogP contribution in [0, 0.1) is 0 Å². The van der Waals surface area contributed by atoms with Gasteiger partial charge in [-0.2, -0.15) is 4.31 Å². The van der Waals surface area contributed by atoms with Gasteiger partial charge < -0.3 is 10.1 Å². The lowest BCUT2D eigenvalue weighted by molar-refractivity contribution is 0.0902. The summed E-state index contributed by atoms with van der Waals surface area (Å²) in [6, 6.07) is 0.206. The molecule has 0 bridgehead atoms. The lowest BCUT2D eigenvalue weighted by Gasteiger charge is -2.37. The quantitative estimate of drug-likeness (QED) is 0.818. The number of nitrogens with zero attached hydrogens (tertiary/aromatic N) is 1. The summed E-state index contributed by atoms with van der Waals surface area (Å²) in [4.78, 5) is 0. The fraction of sp³-hybridized carbons (Fsp3) is 1.00. The zero-order chi connectivity index (χ0) is 13.1. The summed E-state index contributed by atoms with van der Waals surface area (Å²) >= 11 is 0. The van der Waals surface area contributed by atoms with Gasteiger partial charge in [0.2, 0.25) is 10.0 Å². The molecule has 0 aromatic heterocycles. The number of nitrogens with one attached hydrogen (secondary N) is 1. The first kappa shape index (κ1) is 18.1. The molecule has 2 atom stereocenters. The van der Waals surface area contributed by atoms with Crippen LogP contribution in [0.2, 0.25) is 0 Å². The Bertz CT molecular complexity index is 335. The second-order valence-electron chi connectivity index (χ2n) is 4.83. The van der Waals surface area contributed by atoms with Gasteiger partial charge in [-0.25, -0.2) is 8.42 Å². The Hall–Kier alpha value is 0.120. The molecule has 1 aliphatic heterocycles. The third-order valence-corrected chi connectivity index (χ3v) is 5.04. The normalized spacial score (nSPS) is 26.1. The van der Waals surface area contributed by atoms with Crippen molar-refractivity contribution in [3.8, 4) is 0 Å². The van der Waals surface area contributed by atoms with E-state index in [1.54, 1.807) is 4.31 Å². The molecule has 2 unspecified atom stereocenters. The van der Waals surface area contributed by atoms with Gasteiger partial charge in [-0.05, 0) is 27.7 Å². The van der Waals surface area contributed by atoms with E-state index in [-0.39, 0.29) is 43.0 Å². The Morgan fingerprint density at radius 2 is 2.00 bits per heavy atom. The smallest absolute Gasteiger partial charge is 0.216 e. The highest BCUT2D eigenvalue weighted by Crippen LogP contribution is 2.14. The van der Waals surface area contributed by atoms with Gasteiger partial charge >= 0.3 is 0 Å². The van der Waals surface area contributed by atoms with Crippen molar-refractivity contribution >= 4 is 22.4 Å². The van der Waals surface area contributed by atoms with E-state index >= 15 is 0 Å². The minimum Gasteiger partial charge on any atom is -0.378 e. The Morgan fingerprint density at radius 3 is 2.56 bits per heavy atom. The molecule has 0 spiro atoms. The Labute approximate surface area is 117 Å². The summed E-state index contributed by atoms with van der Waals surface area (Å²) in [7, 11) is -3.19. The SMILES string of the molecule is CC(C)OCCS(=O)(=O)N1CCNC(C)C1C.Cl. The number of ether oxygens (including phenoxy) is 1. The van der Waals surface area contributed by atoms with E-state index in [2.05, 4.69) is 5.32 Å². The lowest BCUT2D eigenvalue weighted by Crippen LogP contribution is -2.57. The van der Waals surface area contributed by atoms with Gasteiger partial charge in [0.15, 0.2) is 0 Å². The molecule has 0 saturated carbocycles. The standard InChI is InChI=1S/C11H24N2O3S.ClH/c1-9(2)16-7-8-17(14,15)13-6-5-12-10(3)11(13)4;/h9-12H,5-8H2,1-4H3;1H. The van der Waals surface area contributed by atoms with Gasteiger partial charge in [0.25, 0.3) is 0 Å². The minimum absolute atomic E-state index is 0. The highest BCUT2D eigenvalue weighted by atomic mass is 35.5. The molecule has 0 amide bonds. The summed E-state index contributed by atoms with van der Waals surface area (Å²) in [5.41, 5.74) is 0. The minimum atomic E-state index is -3.19. The van der Waals surface area contributed by atoms with Crippen molar-refractivity contribution in [3.05, 3.63) is 0 Å². The zero-order valence-corrected chi connectivity index (χ0v) is 13.2. The van der Waals surface area contributed by atoms with Crippen LogP contribution >= 0.6 is 12.4 Å². The summed E-state index contributed by atoms with van der Waals surface area (Å²) in [6.45, 7) is 9.30. The Balaban J connectivity index is 0.00000289. The van der Waals surface area contributed by atoms with Gasteiger partial charge in [-0.1, -0.05) is 0 Å². The van der Waals surface area contributed by atoms with Crippen LogP contribution in [0.3, 0.4) is 0 Å². The first-order valence-corrected chi connectivity index (χ1v) is 7.80. The van der Waals surface area contributed by atoms with Crippen LogP contribution < -0.4 is 5.32 Å². The highest BCUT2D eigenvalue weighted by molar-refractivity contribution is 7.89. The monoisotopic (exact) mass is 300 g/mol. The van der Waals surface area contributed by atoms with E-state index < -0.39 is 10.0 Å². The van der Waals surface area contributed by atoms with Crippen molar-refractivity contribution in [2.45, 2.75) is 45.9 Å². The third kappa shape index (κ3) is 5.01. The maximum Gasteiger partial charge on any atom is 0.216 e. The molecule has 7 heteroatoms. The van der Waals surface area contributed by atoms with Gasteiger partial charge in [0.05, 0.1) is 18.5 Å². The first-order chi connectivity index (χ1) is 7.84. The Kier molecular flexibility index (Phi) is 7.70. The molecule has 1 rings (SSSR count). The summed E-state index contributed by atoms with van der Waals surface area (Å²) in [5, 5.41) is 3.27. The number of halogens is 1. The summed E-state index contributed by atoms with van der Waals surface area (Å²) in [6.07, 6.45) is 0.0737. The molecule has 1 saturated heterocycles. The Morgan fingerprint density at radius 1 is 1.39 bits per heavy atom. The maximum atomic E-state index is 12.1. The molecule has 0 aliphatic carbocycles. The number of rotatable bonds is 5. The molecule has 0 radical (unpaired) electrons. The molecule has 1 N–H and O–H groups in total. The van der Waals surface area contributed by atoms with Crippen molar-refractivity contribution in [2.75, 3.05) is 25.4 Å². The van der Waals surface area contributed by atoms with Crippen molar-refractivity contribution in [1.82, 2.24) is 9.62 Å². The second-order valence-corrected chi connectivity index (χ2v) is 6.87. The van der Waals surface area contributed by atoms with E-state index in [1.165, 1.54) is 0 Å². The number of hydrogen-bond donors (Lipinski definition) is 1. The van der Waals surface area contributed by atoms with Crippen LogP contribution in [-0.2, 0) is 14.8 Å². The van der Waals surface area contributed by atoms with Crippen LogP contribution in [0.4, 0.5) is 0 Å². The van der Waals surface area contributed by atoms with Crippen LogP contribution in [0.5, 0.6) is 0 Å². The van der Waals surface area contributed by atoms with Gasteiger partial charge in [-0.3, -0.25) is 0 Å². The molecule has 1 aliphatic rings. The van der Waals surface area contributed by atoms with Crippen molar-refractivity contribution in [3.63, 3.8) is 0 Å². The summed E-state index contributed by atoms with van der Waals surface area (Å²) < 4.78 is 31.2. The highest BCUT2D eigenvalue weighted by Gasteiger charge is 2.32. The molecule has 1 fully saturated rings. The number of piperazine rings is 1. The van der Waals surface area contributed by atoms with Gasteiger partial charge in [-0.15, -0.1) is 12.4 Å². The van der Waals surface area contributed by atoms with Crippen molar-refractivity contribution < 1.29 is 13.2 Å². The summed E-state index contributed by atoms with van der Waals surface area (Å²) in [5.74, 6) is 0.0717. The molecular weight excluding hydrogens is 276 g/mol. The molecule has 1 heterocycles. The van der Waals surface area contributed by atoms with Crippen LogP contribution in [-0.4, -0.2) is 56.4 Å². The van der Waals surface area contributed by atoms with E-state index in [9.17, 15) is 8.42 Å². The average Bonchev–Trinajstić information content (AvgIpc) is 2.21. The predicted molar refractivity (Wildman–Crippen MR) is 75.8 cm³/mol. The van der Waals surface area contributed by atoms with E-state index in [1.807, 2.05) is 27.7 Å². The first-order valence-electron chi connectivity index (χ1n) is 6.19. The fourth-order valence-electron chi connectivity index (χ4n) is 1.92. The molecule has 110 valence electrons. The van der Waals surface area contributed by atoms with Crippen molar-refractivity contribution in [2.24, 2.45) is 0 Å². The van der Waals surface area contributed by atoms with Crippen molar-refractivity contribution in [1.29, 1.82) is 0 Å². The lowest BCUT2D eigenvalue weighted by atomic mass is 10.1. The van der Waals surface area contributed by atoms with Gasteiger partial charge in [0, 0.05) is 25.2 Å². The van der Waals surface area contributed by atoms with E-state index in [0.717, 1.165) is 6.54 Å². The molecular formula is C11H25ClN2O3S. The van der Waals surface area contributed by atoms with Crippen LogP contribution in [0.1, 0.15) is 27.7 Å². The average molecular weight is 301 g/mol. The van der Waals surface area contributed by atoms with Crippen LogP contribution in [0.25, 0.3) is 0 Å². The topological polar surface area (TPSA) is 58.6 Å². The second kappa shape index (κ2) is 7.65. The zero-order valence-electron chi connectivity index (χ0n) is 11.5.